The van der Waals surface area contributed by atoms with Crippen LogP contribution in [-0.4, -0.2) is 32.8 Å². The molecule has 4 aromatic rings. The highest BCUT2D eigenvalue weighted by Crippen LogP contribution is 2.30. The number of thiophene rings is 1. The minimum atomic E-state index is -0.169. The molecule has 0 spiro atoms. The van der Waals surface area contributed by atoms with Gasteiger partial charge in [-0.2, -0.15) is 5.10 Å². The number of benzene rings is 1. The fourth-order valence-corrected chi connectivity index (χ4v) is 3.88. The Balaban J connectivity index is 1.48. The number of hydrogen-bond donors (Lipinski definition) is 2. The Labute approximate surface area is 187 Å². The van der Waals surface area contributed by atoms with Gasteiger partial charge in [-0.3, -0.25) is 9.48 Å². The summed E-state index contributed by atoms with van der Waals surface area (Å²) >= 11 is 7.65. The van der Waals surface area contributed by atoms with Crippen molar-refractivity contribution in [1.82, 2.24) is 25.1 Å². The molecule has 0 aliphatic carbocycles. The lowest BCUT2D eigenvalue weighted by molar-refractivity contribution is 0.0955. The van der Waals surface area contributed by atoms with Crippen molar-refractivity contribution < 1.29 is 9.53 Å². The van der Waals surface area contributed by atoms with E-state index in [0.717, 1.165) is 22.7 Å². The maximum Gasteiger partial charge on any atom is 0.261 e. The number of nitrogens with one attached hydrogen (secondary N) is 2. The molecule has 3 aromatic heterocycles. The number of carbonyl (C=O) groups is 1. The highest BCUT2D eigenvalue weighted by molar-refractivity contribution is 7.12. The number of anilines is 2. The molecule has 0 saturated heterocycles. The molecule has 0 radical (unpaired) electrons. The van der Waals surface area contributed by atoms with Crippen LogP contribution in [0.4, 0.5) is 11.8 Å². The number of methoxy groups -OCH3 is 1. The average Bonchev–Trinajstić information content (AvgIpc) is 3.43. The van der Waals surface area contributed by atoms with Gasteiger partial charge in [0.05, 0.1) is 35.1 Å². The third-order valence-corrected chi connectivity index (χ3v) is 5.69. The summed E-state index contributed by atoms with van der Waals surface area (Å²) in [6, 6.07) is 11.1. The van der Waals surface area contributed by atoms with Gasteiger partial charge in [-0.15, -0.1) is 11.3 Å². The Hall–Kier alpha value is -3.43. The monoisotopic (exact) mass is 454 g/mol. The van der Waals surface area contributed by atoms with Crippen molar-refractivity contribution in [2.24, 2.45) is 7.05 Å². The zero-order valence-electron chi connectivity index (χ0n) is 16.8. The largest absolute Gasteiger partial charge is 0.497 e. The van der Waals surface area contributed by atoms with Gasteiger partial charge >= 0.3 is 0 Å². The van der Waals surface area contributed by atoms with E-state index in [1.807, 2.05) is 42.8 Å². The van der Waals surface area contributed by atoms with E-state index >= 15 is 0 Å². The highest BCUT2D eigenvalue weighted by Gasteiger charge is 2.15. The number of carbonyl (C=O) groups excluding carboxylic acids is 1. The number of aryl methyl sites for hydroxylation is 1. The molecule has 10 heteroatoms. The lowest BCUT2D eigenvalue weighted by Crippen LogP contribution is -2.21. The van der Waals surface area contributed by atoms with Crippen molar-refractivity contribution in [2.75, 3.05) is 12.4 Å². The smallest absolute Gasteiger partial charge is 0.261 e. The predicted molar refractivity (Wildman–Crippen MR) is 121 cm³/mol. The van der Waals surface area contributed by atoms with Gasteiger partial charge in [-0.05, 0) is 23.8 Å². The number of nitrogens with zero attached hydrogens (tertiary/aromatic N) is 4. The van der Waals surface area contributed by atoms with E-state index < -0.39 is 0 Å². The van der Waals surface area contributed by atoms with Crippen LogP contribution in [-0.2, 0) is 13.6 Å². The molecular weight excluding hydrogens is 436 g/mol. The van der Waals surface area contributed by atoms with E-state index in [1.165, 1.54) is 17.5 Å². The summed E-state index contributed by atoms with van der Waals surface area (Å²) < 4.78 is 6.89. The zero-order valence-corrected chi connectivity index (χ0v) is 18.4. The summed E-state index contributed by atoms with van der Waals surface area (Å²) in [5.74, 6) is 1.71. The molecule has 0 saturated carbocycles. The third kappa shape index (κ3) is 4.84. The van der Waals surface area contributed by atoms with E-state index in [2.05, 4.69) is 25.7 Å². The number of hydrogen-bond acceptors (Lipinski definition) is 7. The summed E-state index contributed by atoms with van der Waals surface area (Å²) in [5.41, 5.74) is 2.25. The van der Waals surface area contributed by atoms with Crippen molar-refractivity contribution in [3.63, 3.8) is 0 Å². The van der Waals surface area contributed by atoms with E-state index in [4.69, 9.17) is 16.3 Å². The van der Waals surface area contributed by atoms with E-state index in [0.29, 0.717) is 28.1 Å². The molecule has 8 nitrogen and oxygen atoms in total. The molecule has 2 N–H and O–H groups in total. The van der Waals surface area contributed by atoms with Gasteiger partial charge in [0.1, 0.15) is 11.6 Å². The summed E-state index contributed by atoms with van der Waals surface area (Å²) in [4.78, 5) is 21.9. The van der Waals surface area contributed by atoms with Crippen LogP contribution < -0.4 is 15.4 Å². The first-order chi connectivity index (χ1) is 15.0. The molecule has 4 rings (SSSR count). The van der Waals surface area contributed by atoms with E-state index in [-0.39, 0.29) is 5.91 Å². The molecule has 0 atom stereocenters. The van der Waals surface area contributed by atoms with Gasteiger partial charge in [-0.25, -0.2) is 9.97 Å². The van der Waals surface area contributed by atoms with Gasteiger partial charge < -0.3 is 15.4 Å². The van der Waals surface area contributed by atoms with Crippen LogP contribution in [0.2, 0.25) is 5.02 Å². The van der Waals surface area contributed by atoms with Gasteiger partial charge in [0.2, 0.25) is 5.95 Å². The Bertz CT molecular complexity index is 1220. The summed E-state index contributed by atoms with van der Waals surface area (Å²) in [5, 5.41) is 12.4. The van der Waals surface area contributed by atoms with Gasteiger partial charge in [-0.1, -0.05) is 23.7 Å². The Morgan fingerprint density at radius 3 is 2.94 bits per heavy atom. The van der Waals surface area contributed by atoms with Crippen molar-refractivity contribution in [3.8, 4) is 17.0 Å². The van der Waals surface area contributed by atoms with Gasteiger partial charge in [0.15, 0.2) is 0 Å². The average molecular weight is 455 g/mol. The van der Waals surface area contributed by atoms with Crippen LogP contribution in [0.1, 0.15) is 15.2 Å². The van der Waals surface area contributed by atoms with Crippen LogP contribution in [0.5, 0.6) is 5.75 Å². The van der Waals surface area contributed by atoms with Crippen molar-refractivity contribution in [3.05, 3.63) is 69.6 Å². The fourth-order valence-electron chi connectivity index (χ4n) is 2.87. The molecular formula is C21H19ClN6O2S. The van der Waals surface area contributed by atoms with Crippen molar-refractivity contribution >= 4 is 40.6 Å². The first-order valence-corrected chi connectivity index (χ1v) is 10.6. The molecule has 0 aliphatic heterocycles. The molecule has 158 valence electrons. The van der Waals surface area contributed by atoms with Crippen LogP contribution in [0.25, 0.3) is 11.3 Å². The minimum absolute atomic E-state index is 0.169. The van der Waals surface area contributed by atoms with Crippen LogP contribution >= 0.6 is 22.9 Å². The molecule has 1 amide bonds. The molecule has 1 aromatic carbocycles. The lowest BCUT2D eigenvalue weighted by atomic mass is 10.2. The minimum Gasteiger partial charge on any atom is -0.497 e. The van der Waals surface area contributed by atoms with E-state index in [1.54, 1.807) is 24.1 Å². The van der Waals surface area contributed by atoms with Crippen LogP contribution in [0, 0.1) is 0 Å². The summed E-state index contributed by atoms with van der Waals surface area (Å²) in [7, 11) is 3.43. The summed E-state index contributed by atoms with van der Waals surface area (Å²) in [6.45, 7) is 0.399. The zero-order chi connectivity index (χ0) is 21.8. The van der Waals surface area contributed by atoms with Gasteiger partial charge in [0, 0.05) is 30.6 Å². The maximum absolute atomic E-state index is 12.6. The predicted octanol–water partition coefficient (Wildman–Crippen LogP) is 4.27. The van der Waals surface area contributed by atoms with Gasteiger partial charge in [0.25, 0.3) is 5.91 Å². The molecule has 31 heavy (non-hydrogen) atoms. The molecule has 0 aliphatic rings. The molecule has 0 bridgehead atoms. The molecule has 3 heterocycles. The SMILES string of the molecule is COc1cccc(CNC(=O)c2cc(-c3nc(Nc4ccnn4C)ncc3Cl)cs2)c1. The Kier molecular flexibility index (Phi) is 6.15. The number of amides is 1. The first kappa shape index (κ1) is 20.8. The van der Waals surface area contributed by atoms with Crippen molar-refractivity contribution in [1.29, 1.82) is 0 Å². The standard InChI is InChI=1S/C21H19ClN6O2S/c1-28-18(6-7-25-28)26-21-24-11-16(22)19(27-21)14-9-17(31-12-14)20(29)23-10-13-4-3-5-15(8-13)30-2/h3-9,11-12H,10H2,1-2H3,(H,23,29)(H,24,26,27). The topological polar surface area (TPSA) is 94.0 Å². The van der Waals surface area contributed by atoms with Crippen LogP contribution in [0.15, 0.2) is 54.2 Å². The third-order valence-electron chi connectivity index (χ3n) is 4.49. The number of aromatic nitrogens is 4. The quantitative estimate of drug-likeness (QED) is 0.433. The maximum atomic E-state index is 12.6. The molecule has 0 unspecified atom stereocenters. The molecule has 0 fully saturated rings. The normalized spacial score (nSPS) is 10.7. The second kappa shape index (κ2) is 9.15. The number of halogens is 1. The lowest BCUT2D eigenvalue weighted by Gasteiger charge is -2.07. The Morgan fingerprint density at radius 2 is 2.16 bits per heavy atom. The summed E-state index contributed by atoms with van der Waals surface area (Å²) in [6.07, 6.45) is 3.21. The fraction of sp³-hybridized carbons (Fsp3) is 0.143. The Morgan fingerprint density at radius 1 is 1.29 bits per heavy atom. The second-order valence-corrected chi connectivity index (χ2v) is 7.91. The van der Waals surface area contributed by atoms with E-state index in [9.17, 15) is 4.79 Å². The second-order valence-electron chi connectivity index (χ2n) is 6.59. The number of ether oxygens (including phenoxy) is 1. The van der Waals surface area contributed by atoms with Crippen molar-refractivity contribution in [2.45, 2.75) is 6.54 Å². The first-order valence-electron chi connectivity index (χ1n) is 9.31. The van der Waals surface area contributed by atoms with Crippen LogP contribution in [0.3, 0.4) is 0 Å². The highest BCUT2D eigenvalue weighted by atomic mass is 35.5. The number of rotatable bonds is 7.